The van der Waals surface area contributed by atoms with E-state index in [2.05, 4.69) is 4.98 Å². The molecular weight excluding hydrogens is 266 g/mol. The number of aryl methyl sites for hydroxylation is 1. The van der Waals surface area contributed by atoms with Crippen molar-refractivity contribution in [2.75, 3.05) is 0 Å². The van der Waals surface area contributed by atoms with Gasteiger partial charge in [-0.25, -0.2) is 9.37 Å². The molecule has 0 unspecified atom stereocenters. The maximum atomic E-state index is 13.6. The maximum absolute atomic E-state index is 13.6. The van der Waals surface area contributed by atoms with E-state index in [1.165, 1.54) is 11.3 Å². The zero-order chi connectivity index (χ0) is 13.3. The Bertz CT molecular complexity index is 559. The van der Waals surface area contributed by atoms with Crippen molar-refractivity contribution in [3.8, 4) is 11.3 Å². The Morgan fingerprint density at radius 1 is 1.28 bits per heavy atom. The normalized spacial score (nSPS) is 11.8. The van der Waals surface area contributed by atoms with Gasteiger partial charge in [0.15, 0.2) is 0 Å². The van der Waals surface area contributed by atoms with Crippen molar-refractivity contribution in [2.24, 2.45) is 0 Å². The van der Waals surface area contributed by atoms with Crippen LogP contribution in [0.3, 0.4) is 0 Å². The second-order valence-corrected chi connectivity index (χ2v) is 4.62. The number of rotatable bonds is 2. The summed E-state index contributed by atoms with van der Waals surface area (Å²) in [7, 11) is 0. The van der Waals surface area contributed by atoms with Gasteiger partial charge in [0.05, 0.1) is 16.3 Å². The van der Waals surface area contributed by atoms with Crippen molar-refractivity contribution in [1.29, 1.82) is 0 Å². The van der Waals surface area contributed by atoms with Gasteiger partial charge < -0.3 is 0 Å². The molecule has 0 bridgehead atoms. The molecule has 2 rings (SSSR count). The summed E-state index contributed by atoms with van der Waals surface area (Å²) in [5, 5.41) is 2.33. The van der Waals surface area contributed by atoms with Crippen LogP contribution in [0, 0.1) is 5.82 Å². The third kappa shape index (κ3) is 2.53. The molecule has 1 aromatic carbocycles. The van der Waals surface area contributed by atoms with Crippen LogP contribution in [0.2, 0.25) is 0 Å². The average molecular weight is 275 g/mol. The van der Waals surface area contributed by atoms with Crippen molar-refractivity contribution in [1.82, 2.24) is 4.98 Å². The predicted octanol–water partition coefficient (Wildman–Crippen LogP) is 4.53. The van der Waals surface area contributed by atoms with Gasteiger partial charge in [-0.15, -0.1) is 11.3 Å². The first kappa shape index (κ1) is 13.0. The molecule has 0 amide bonds. The Hall–Kier alpha value is -1.43. The first-order valence-electron chi connectivity index (χ1n) is 5.23. The number of aromatic nitrogens is 1. The van der Waals surface area contributed by atoms with E-state index in [1.807, 2.05) is 6.92 Å². The van der Waals surface area contributed by atoms with E-state index in [1.54, 1.807) is 5.38 Å². The molecule has 0 fully saturated rings. The number of alkyl halides is 3. The maximum Gasteiger partial charge on any atom is 0.416 e. The Morgan fingerprint density at radius 2 is 2.00 bits per heavy atom. The molecule has 18 heavy (non-hydrogen) atoms. The highest BCUT2D eigenvalue weighted by Crippen LogP contribution is 2.33. The van der Waals surface area contributed by atoms with Gasteiger partial charge in [-0.1, -0.05) is 6.92 Å². The Balaban J connectivity index is 2.49. The minimum atomic E-state index is -4.48. The highest BCUT2D eigenvalue weighted by Gasteiger charge is 2.31. The van der Waals surface area contributed by atoms with Crippen LogP contribution < -0.4 is 0 Å². The molecule has 6 heteroatoms. The van der Waals surface area contributed by atoms with Crippen molar-refractivity contribution in [3.05, 3.63) is 40.0 Å². The smallest absolute Gasteiger partial charge is 0.241 e. The summed E-state index contributed by atoms with van der Waals surface area (Å²) in [6.07, 6.45) is -3.81. The standard InChI is InChI=1S/C12H9F4NS/c1-2-11-17-10(6-18-11)8-5-7(12(14,15)16)3-4-9(8)13/h3-6H,2H2,1H3. The van der Waals surface area contributed by atoms with E-state index in [0.717, 1.165) is 23.2 Å². The largest absolute Gasteiger partial charge is 0.416 e. The molecule has 0 atom stereocenters. The number of nitrogens with zero attached hydrogens (tertiary/aromatic N) is 1. The van der Waals surface area contributed by atoms with Gasteiger partial charge in [0, 0.05) is 10.9 Å². The highest BCUT2D eigenvalue weighted by molar-refractivity contribution is 7.09. The van der Waals surface area contributed by atoms with Crippen LogP contribution in [0.25, 0.3) is 11.3 Å². The van der Waals surface area contributed by atoms with Crippen LogP contribution in [-0.4, -0.2) is 4.98 Å². The topological polar surface area (TPSA) is 12.9 Å². The molecule has 0 spiro atoms. The molecule has 1 aromatic heterocycles. The zero-order valence-corrected chi connectivity index (χ0v) is 10.2. The second kappa shape index (κ2) is 4.68. The summed E-state index contributed by atoms with van der Waals surface area (Å²) in [4.78, 5) is 4.09. The third-order valence-electron chi connectivity index (χ3n) is 2.42. The summed E-state index contributed by atoms with van der Waals surface area (Å²) >= 11 is 1.31. The molecule has 96 valence electrons. The Morgan fingerprint density at radius 3 is 2.56 bits per heavy atom. The summed E-state index contributed by atoms with van der Waals surface area (Å²) in [6.45, 7) is 1.88. The van der Waals surface area contributed by atoms with Gasteiger partial charge >= 0.3 is 6.18 Å². The van der Waals surface area contributed by atoms with Crippen LogP contribution in [0.5, 0.6) is 0 Å². The third-order valence-corrected chi connectivity index (χ3v) is 3.42. The molecular formula is C12H9F4NS. The molecule has 1 heterocycles. The summed E-state index contributed by atoms with van der Waals surface area (Å²) in [5.41, 5.74) is -0.730. The fourth-order valence-corrected chi connectivity index (χ4v) is 2.24. The average Bonchev–Trinajstić information content (AvgIpc) is 2.76. The quantitative estimate of drug-likeness (QED) is 0.734. The number of thiazole rings is 1. The lowest BCUT2D eigenvalue weighted by molar-refractivity contribution is -0.137. The van der Waals surface area contributed by atoms with E-state index in [4.69, 9.17) is 0 Å². The van der Waals surface area contributed by atoms with Crippen molar-refractivity contribution in [2.45, 2.75) is 19.5 Å². The first-order valence-corrected chi connectivity index (χ1v) is 6.11. The summed E-state index contributed by atoms with van der Waals surface area (Å²) in [5.74, 6) is -0.698. The highest BCUT2D eigenvalue weighted by atomic mass is 32.1. The minimum absolute atomic E-state index is 0.110. The fraction of sp³-hybridized carbons (Fsp3) is 0.250. The Kier molecular flexibility index (Phi) is 3.38. The van der Waals surface area contributed by atoms with Crippen LogP contribution >= 0.6 is 11.3 Å². The molecule has 0 saturated heterocycles. The lowest BCUT2D eigenvalue weighted by Crippen LogP contribution is -2.05. The van der Waals surface area contributed by atoms with Crippen LogP contribution in [0.1, 0.15) is 17.5 Å². The minimum Gasteiger partial charge on any atom is -0.241 e. The monoisotopic (exact) mass is 275 g/mol. The van der Waals surface area contributed by atoms with E-state index in [0.29, 0.717) is 6.42 Å². The van der Waals surface area contributed by atoms with Crippen molar-refractivity contribution < 1.29 is 17.6 Å². The van der Waals surface area contributed by atoms with Crippen molar-refractivity contribution in [3.63, 3.8) is 0 Å². The number of hydrogen-bond acceptors (Lipinski definition) is 2. The summed E-state index contributed by atoms with van der Waals surface area (Å²) in [6, 6.07) is 2.35. The molecule has 2 aromatic rings. The molecule has 0 aliphatic heterocycles. The number of hydrogen-bond donors (Lipinski definition) is 0. The van der Waals surface area contributed by atoms with Gasteiger partial charge in [-0.2, -0.15) is 13.2 Å². The second-order valence-electron chi connectivity index (χ2n) is 3.67. The van der Waals surface area contributed by atoms with Gasteiger partial charge in [-0.3, -0.25) is 0 Å². The lowest BCUT2D eigenvalue weighted by atomic mass is 10.1. The van der Waals surface area contributed by atoms with E-state index < -0.39 is 17.6 Å². The summed E-state index contributed by atoms with van der Waals surface area (Å²) < 4.78 is 51.2. The van der Waals surface area contributed by atoms with E-state index >= 15 is 0 Å². The number of benzene rings is 1. The lowest BCUT2D eigenvalue weighted by Gasteiger charge is -2.08. The number of halogens is 4. The molecule has 0 aliphatic rings. The fourth-order valence-electron chi connectivity index (χ4n) is 1.49. The molecule has 0 radical (unpaired) electrons. The van der Waals surface area contributed by atoms with Crippen LogP contribution in [0.4, 0.5) is 17.6 Å². The van der Waals surface area contributed by atoms with Gasteiger partial charge in [0.1, 0.15) is 5.82 Å². The molecule has 0 saturated carbocycles. The molecule has 0 aliphatic carbocycles. The van der Waals surface area contributed by atoms with Crippen LogP contribution in [-0.2, 0) is 12.6 Å². The molecule has 1 nitrogen and oxygen atoms in total. The van der Waals surface area contributed by atoms with Gasteiger partial charge in [-0.05, 0) is 24.6 Å². The SMILES string of the molecule is CCc1nc(-c2cc(C(F)(F)F)ccc2F)cs1. The van der Waals surface area contributed by atoms with E-state index in [9.17, 15) is 17.6 Å². The first-order chi connectivity index (χ1) is 8.41. The molecule has 0 N–H and O–H groups in total. The predicted molar refractivity (Wildman–Crippen MR) is 61.9 cm³/mol. The van der Waals surface area contributed by atoms with Gasteiger partial charge in [0.2, 0.25) is 0 Å². The van der Waals surface area contributed by atoms with Gasteiger partial charge in [0.25, 0.3) is 0 Å². The Labute approximate surface area is 105 Å². The van der Waals surface area contributed by atoms with Crippen LogP contribution in [0.15, 0.2) is 23.6 Å². The van der Waals surface area contributed by atoms with E-state index in [-0.39, 0.29) is 11.3 Å². The van der Waals surface area contributed by atoms with Crippen molar-refractivity contribution >= 4 is 11.3 Å². The zero-order valence-electron chi connectivity index (χ0n) is 9.38.